The lowest BCUT2D eigenvalue weighted by atomic mass is 10.1. The maximum Gasteiger partial charge on any atom is 0.293 e. The van der Waals surface area contributed by atoms with E-state index in [1.54, 1.807) is 26.0 Å². The number of anilines is 1. The first-order valence-electron chi connectivity index (χ1n) is 8.35. The molecule has 0 spiro atoms. The van der Waals surface area contributed by atoms with Gasteiger partial charge in [0.15, 0.2) is 0 Å². The number of sulfonamides is 1. The minimum atomic E-state index is -3.52. The van der Waals surface area contributed by atoms with Gasteiger partial charge in [-0.05, 0) is 29.8 Å². The molecule has 2 rings (SSSR count). The Morgan fingerprint density at radius 1 is 1.15 bits per heavy atom. The number of nitro groups is 1. The third-order valence-electron chi connectivity index (χ3n) is 4.07. The van der Waals surface area contributed by atoms with E-state index in [-0.39, 0.29) is 22.7 Å². The van der Waals surface area contributed by atoms with Crippen LogP contribution in [0.15, 0.2) is 47.4 Å². The maximum atomic E-state index is 12.5. The highest BCUT2D eigenvalue weighted by molar-refractivity contribution is 7.89. The van der Waals surface area contributed by atoms with Crippen LogP contribution < -0.4 is 5.32 Å². The SMILES string of the molecule is CCN(CC)S(=O)(=O)c1ccc(CNc2ccc(C#N)cc2[N+](=O)[O-])cc1. The van der Waals surface area contributed by atoms with Crippen LogP contribution in [-0.4, -0.2) is 30.7 Å². The Morgan fingerprint density at radius 2 is 1.78 bits per heavy atom. The van der Waals surface area contributed by atoms with Gasteiger partial charge in [-0.1, -0.05) is 26.0 Å². The van der Waals surface area contributed by atoms with Crippen LogP contribution in [-0.2, 0) is 16.6 Å². The number of nitro benzene ring substituents is 1. The molecule has 0 atom stereocenters. The van der Waals surface area contributed by atoms with Gasteiger partial charge in [0.1, 0.15) is 5.69 Å². The molecule has 0 heterocycles. The highest BCUT2D eigenvalue weighted by atomic mass is 32.2. The Kier molecular flexibility index (Phi) is 6.50. The number of nitrogens with zero attached hydrogens (tertiary/aromatic N) is 3. The summed E-state index contributed by atoms with van der Waals surface area (Å²) in [5.41, 5.74) is 1.08. The summed E-state index contributed by atoms with van der Waals surface area (Å²) in [4.78, 5) is 10.8. The predicted octanol–water partition coefficient (Wildman–Crippen LogP) is 3.11. The van der Waals surface area contributed by atoms with Crippen LogP contribution in [0, 0.1) is 21.4 Å². The number of hydrogen-bond acceptors (Lipinski definition) is 6. The second kappa shape index (κ2) is 8.62. The standard InChI is InChI=1S/C18H20N4O4S/c1-3-21(4-2)27(25,26)16-8-5-14(6-9-16)13-20-17-10-7-15(12-19)11-18(17)22(23)24/h5-11,20H,3-4,13H2,1-2H3. The summed E-state index contributed by atoms with van der Waals surface area (Å²) in [5.74, 6) is 0. The molecular weight excluding hydrogens is 368 g/mol. The second-order valence-electron chi connectivity index (χ2n) is 5.69. The lowest BCUT2D eigenvalue weighted by Gasteiger charge is -2.18. The molecular formula is C18H20N4O4S. The smallest absolute Gasteiger partial charge is 0.293 e. The molecule has 0 radical (unpaired) electrons. The maximum absolute atomic E-state index is 12.5. The van der Waals surface area contributed by atoms with E-state index in [9.17, 15) is 18.5 Å². The van der Waals surface area contributed by atoms with Crippen LogP contribution in [0.1, 0.15) is 25.0 Å². The molecule has 0 fully saturated rings. The second-order valence-corrected chi connectivity index (χ2v) is 7.63. The highest BCUT2D eigenvalue weighted by Gasteiger charge is 2.21. The van der Waals surface area contributed by atoms with Gasteiger partial charge in [-0.2, -0.15) is 9.57 Å². The summed E-state index contributed by atoms with van der Waals surface area (Å²) >= 11 is 0. The zero-order valence-corrected chi connectivity index (χ0v) is 15.9. The van der Waals surface area contributed by atoms with Crippen molar-refractivity contribution in [2.75, 3.05) is 18.4 Å². The van der Waals surface area contributed by atoms with Crippen molar-refractivity contribution in [1.29, 1.82) is 5.26 Å². The Labute approximate surface area is 158 Å². The minimum absolute atomic E-state index is 0.185. The van der Waals surface area contributed by atoms with Gasteiger partial charge < -0.3 is 5.32 Å². The lowest BCUT2D eigenvalue weighted by molar-refractivity contribution is -0.384. The molecule has 0 bridgehead atoms. The van der Waals surface area contributed by atoms with E-state index >= 15 is 0 Å². The minimum Gasteiger partial charge on any atom is -0.375 e. The largest absolute Gasteiger partial charge is 0.375 e. The summed E-state index contributed by atoms with van der Waals surface area (Å²) in [5, 5.41) is 23.0. The Balaban J connectivity index is 2.17. The number of nitriles is 1. The van der Waals surface area contributed by atoms with Crippen molar-refractivity contribution in [1.82, 2.24) is 4.31 Å². The molecule has 8 nitrogen and oxygen atoms in total. The molecule has 142 valence electrons. The molecule has 0 unspecified atom stereocenters. The summed E-state index contributed by atoms with van der Waals surface area (Å²) in [6.07, 6.45) is 0. The van der Waals surface area contributed by atoms with Crippen LogP contribution in [0.5, 0.6) is 0 Å². The van der Waals surface area contributed by atoms with Crippen LogP contribution in [0.4, 0.5) is 11.4 Å². The van der Waals surface area contributed by atoms with Crippen molar-refractivity contribution in [3.05, 3.63) is 63.7 Å². The fourth-order valence-corrected chi connectivity index (χ4v) is 4.05. The number of benzene rings is 2. The molecule has 9 heteroatoms. The summed E-state index contributed by atoms with van der Waals surface area (Å²) in [6.45, 7) is 4.63. The van der Waals surface area contributed by atoms with Gasteiger partial charge in [-0.25, -0.2) is 8.42 Å². The zero-order chi connectivity index (χ0) is 20.0. The van der Waals surface area contributed by atoms with Crippen LogP contribution in [0.3, 0.4) is 0 Å². The quantitative estimate of drug-likeness (QED) is 0.548. The average molecular weight is 388 g/mol. The molecule has 0 aliphatic heterocycles. The third-order valence-corrected chi connectivity index (χ3v) is 6.14. The molecule has 1 N–H and O–H groups in total. The Hall–Kier alpha value is -2.96. The molecule has 0 aliphatic carbocycles. The number of nitrogens with one attached hydrogen (secondary N) is 1. The summed E-state index contributed by atoms with van der Waals surface area (Å²) in [7, 11) is -3.52. The predicted molar refractivity (Wildman–Crippen MR) is 102 cm³/mol. The normalized spacial score (nSPS) is 11.2. The topological polar surface area (TPSA) is 116 Å². The van der Waals surface area contributed by atoms with Gasteiger partial charge in [-0.15, -0.1) is 0 Å². The molecule has 27 heavy (non-hydrogen) atoms. The summed E-state index contributed by atoms with van der Waals surface area (Å²) < 4.78 is 26.3. The van der Waals surface area contributed by atoms with Crippen molar-refractivity contribution < 1.29 is 13.3 Å². The van der Waals surface area contributed by atoms with Gasteiger partial charge >= 0.3 is 0 Å². The van der Waals surface area contributed by atoms with Gasteiger partial charge in [-0.3, -0.25) is 10.1 Å². The third kappa shape index (κ3) is 4.61. The van der Waals surface area contributed by atoms with Crippen molar-refractivity contribution in [3.8, 4) is 6.07 Å². The van der Waals surface area contributed by atoms with Gasteiger partial charge in [0.2, 0.25) is 10.0 Å². The van der Waals surface area contributed by atoms with E-state index in [2.05, 4.69) is 5.32 Å². The molecule has 0 saturated carbocycles. The molecule has 0 aliphatic rings. The van der Waals surface area contributed by atoms with Crippen LogP contribution in [0.2, 0.25) is 0 Å². The van der Waals surface area contributed by atoms with Crippen molar-refractivity contribution >= 4 is 21.4 Å². The Morgan fingerprint density at radius 3 is 2.30 bits per heavy atom. The molecule has 0 amide bonds. The van der Waals surface area contributed by atoms with Crippen molar-refractivity contribution in [3.63, 3.8) is 0 Å². The van der Waals surface area contributed by atoms with Crippen molar-refractivity contribution in [2.45, 2.75) is 25.3 Å². The van der Waals surface area contributed by atoms with Crippen molar-refractivity contribution in [2.24, 2.45) is 0 Å². The van der Waals surface area contributed by atoms with E-state index < -0.39 is 14.9 Å². The lowest BCUT2D eigenvalue weighted by Crippen LogP contribution is -2.30. The highest BCUT2D eigenvalue weighted by Crippen LogP contribution is 2.26. The van der Waals surface area contributed by atoms with E-state index in [0.717, 1.165) is 5.56 Å². The Bertz CT molecular complexity index is 962. The zero-order valence-electron chi connectivity index (χ0n) is 15.0. The number of rotatable bonds is 8. The summed E-state index contributed by atoms with van der Waals surface area (Å²) in [6, 6.07) is 12.4. The van der Waals surface area contributed by atoms with Gasteiger partial charge in [0.25, 0.3) is 5.69 Å². The van der Waals surface area contributed by atoms with E-state index in [0.29, 0.717) is 18.8 Å². The molecule has 0 aromatic heterocycles. The van der Waals surface area contributed by atoms with E-state index in [1.165, 1.54) is 34.6 Å². The van der Waals surface area contributed by atoms with Gasteiger partial charge in [0.05, 0.1) is 21.5 Å². The first-order valence-corrected chi connectivity index (χ1v) is 9.79. The van der Waals surface area contributed by atoms with Crippen LogP contribution >= 0.6 is 0 Å². The van der Waals surface area contributed by atoms with Gasteiger partial charge in [0, 0.05) is 25.7 Å². The first kappa shape index (κ1) is 20.4. The van der Waals surface area contributed by atoms with E-state index in [1.807, 2.05) is 6.07 Å². The number of hydrogen-bond donors (Lipinski definition) is 1. The fourth-order valence-electron chi connectivity index (χ4n) is 2.59. The van der Waals surface area contributed by atoms with E-state index in [4.69, 9.17) is 5.26 Å². The average Bonchev–Trinajstić information content (AvgIpc) is 2.67. The monoisotopic (exact) mass is 388 g/mol. The molecule has 2 aromatic carbocycles. The fraction of sp³-hybridized carbons (Fsp3) is 0.278. The molecule has 2 aromatic rings. The first-order chi connectivity index (χ1) is 12.8. The van der Waals surface area contributed by atoms with Crippen LogP contribution in [0.25, 0.3) is 0 Å². The molecule has 0 saturated heterocycles.